The van der Waals surface area contributed by atoms with Gasteiger partial charge in [0, 0.05) is 24.5 Å². The Balaban J connectivity index is 1.79. The van der Waals surface area contributed by atoms with Crippen molar-refractivity contribution >= 4 is 0 Å². The Kier molecular flexibility index (Phi) is 2.59. The number of nitrogens with zero attached hydrogens (tertiary/aromatic N) is 1. The number of nitrogens with one attached hydrogen (secondary N) is 2. The van der Waals surface area contributed by atoms with E-state index in [1.165, 1.54) is 0 Å². The van der Waals surface area contributed by atoms with Gasteiger partial charge in [-0.15, -0.1) is 0 Å². The minimum Gasteiger partial charge on any atom is -0.347 e. The van der Waals surface area contributed by atoms with Gasteiger partial charge in [-0.3, -0.25) is 0 Å². The molecule has 1 saturated carbocycles. The van der Waals surface area contributed by atoms with Crippen LogP contribution in [0.25, 0.3) is 0 Å². The second-order valence-corrected chi connectivity index (χ2v) is 3.51. The second-order valence-electron chi connectivity index (χ2n) is 3.51. The molecule has 1 fully saturated rings. The summed E-state index contributed by atoms with van der Waals surface area (Å²) in [5, 5.41) is 3.19. The Labute approximate surface area is 76.8 Å². The van der Waals surface area contributed by atoms with Crippen molar-refractivity contribution in [1.29, 1.82) is 0 Å². The van der Waals surface area contributed by atoms with E-state index >= 15 is 0 Å². The van der Waals surface area contributed by atoms with Crippen LogP contribution in [0, 0.1) is 0 Å². The Hall–Kier alpha value is -0.900. The molecular weight excluding hydrogens is 169 g/mol. The van der Waals surface area contributed by atoms with Crippen LogP contribution in [0.2, 0.25) is 0 Å². The summed E-state index contributed by atoms with van der Waals surface area (Å²) in [5.74, 6) is 0. The van der Waals surface area contributed by atoms with Gasteiger partial charge in [-0.2, -0.15) is 0 Å². The third-order valence-corrected chi connectivity index (χ3v) is 2.54. The van der Waals surface area contributed by atoms with Crippen LogP contribution >= 0.6 is 0 Å². The summed E-state index contributed by atoms with van der Waals surface area (Å²) in [6.45, 7) is 0.686. The lowest BCUT2D eigenvalue weighted by Crippen LogP contribution is -2.32. The number of alkyl halides is 1. The molecule has 72 valence electrons. The van der Waals surface area contributed by atoms with Crippen molar-refractivity contribution in [2.24, 2.45) is 0 Å². The Morgan fingerprint density at radius 2 is 2.54 bits per heavy atom. The monoisotopic (exact) mass is 183 g/mol. The summed E-state index contributed by atoms with van der Waals surface area (Å²) in [5.41, 5.74) is 1.01. The number of hydrogen-bond acceptors (Lipinski definition) is 2. The Bertz CT molecular complexity index is 247. The first-order valence-corrected chi connectivity index (χ1v) is 4.71. The van der Waals surface area contributed by atoms with E-state index in [9.17, 15) is 4.39 Å². The molecule has 0 aromatic carbocycles. The van der Waals surface area contributed by atoms with E-state index in [0.29, 0.717) is 13.0 Å². The normalized spacial score (nSPS) is 28.1. The average Bonchev–Trinajstić information content (AvgIpc) is 2.72. The lowest BCUT2D eigenvalue weighted by atomic mass is 10.2. The van der Waals surface area contributed by atoms with Crippen LogP contribution in [0.4, 0.5) is 4.39 Å². The molecule has 0 radical (unpaired) electrons. The molecule has 2 atom stereocenters. The SMILES string of the molecule is F[C@H]1CCC[C@H]1NCc1cnc[nH]1. The van der Waals surface area contributed by atoms with Crippen LogP contribution in [0.15, 0.2) is 12.5 Å². The highest BCUT2D eigenvalue weighted by atomic mass is 19.1. The molecule has 1 aliphatic carbocycles. The van der Waals surface area contributed by atoms with Crippen LogP contribution in [-0.4, -0.2) is 22.2 Å². The standard InChI is InChI=1S/C9H14FN3/c10-8-2-1-3-9(8)12-5-7-4-11-6-13-7/h4,6,8-9,12H,1-3,5H2,(H,11,13)/t8-,9+/m0/s1. The highest BCUT2D eigenvalue weighted by molar-refractivity contribution is 4.95. The molecule has 0 bridgehead atoms. The van der Waals surface area contributed by atoms with Gasteiger partial charge >= 0.3 is 0 Å². The first-order valence-electron chi connectivity index (χ1n) is 4.71. The number of rotatable bonds is 3. The summed E-state index contributed by atoms with van der Waals surface area (Å²) in [7, 11) is 0. The van der Waals surface area contributed by atoms with Crippen LogP contribution in [0.3, 0.4) is 0 Å². The van der Waals surface area contributed by atoms with Gasteiger partial charge in [-0.1, -0.05) is 0 Å². The lowest BCUT2D eigenvalue weighted by molar-refractivity contribution is 0.279. The predicted molar refractivity (Wildman–Crippen MR) is 48.0 cm³/mol. The second kappa shape index (κ2) is 3.87. The molecule has 1 aliphatic rings. The van der Waals surface area contributed by atoms with Gasteiger partial charge in [0.15, 0.2) is 0 Å². The quantitative estimate of drug-likeness (QED) is 0.743. The molecule has 4 heteroatoms. The van der Waals surface area contributed by atoms with Gasteiger partial charge in [0.2, 0.25) is 0 Å². The smallest absolute Gasteiger partial charge is 0.115 e. The molecule has 13 heavy (non-hydrogen) atoms. The van der Waals surface area contributed by atoms with Crippen LogP contribution in [-0.2, 0) is 6.54 Å². The van der Waals surface area contributed by atoms with Gasteiger partial charge in [-0.25, -0.2) is 9.37 Å². The van der Waals surface area contributed by atoms with Crippen molar-refractivity contribution in [3.8, 4) is 0 Å². The number of imidazole rings is 1. The van der Waals surface area contributed by atoms with Gasteiger partial charge in [0.1, 0.15) is 6.17 Å². The number of aromatic amines is 1. The van der Waals surface area contributed by atoms with E-state index in [-0.39, 0.29) is 6.04 Å². The first kappa shape index (κ1) is 8.69. The van der Waals surface area contributed by atoms with Gasteiger partial charge in [-0.05, 0) is 19.3 Å². The summed E-state index contributed by atoms with van der Waals surface area (Å²) < 4.78 is 13.1. The molecular formula is C9H14FN3. The van der Waals surface area contributed by atoms with Crippen LogP contribution in [0.1, 0.15) is 25.0 Å². The maximum atomic E-state index is 13.1. The van der Waals surface area contributed by atoms with Crippen molar-refractivity contribution in [3.63, 3.8) is 0 Å². The number of hydrogen-bond donors (Lipinski definition) is 2. The van der Waals surface area contributed by atoms with Crippen molar-refractivity contribution in [2.75, 3.05) is 0 Å². The number of H-pyrrole nitrogens is 1. The van der Waals surface area contributed by atoms with Crippen molar-refractivity contribution in [3.05, 3.63) is 18.2 Å². The summed E-state index contributed by atoms with van der Waals surface area (Å²) in [4.78, 5) is 6.88. The lowest BCUT2D eigenvalue weighted by Gasteiger charge is -2.13. The minimum absolute atomic E-state index is 0.0447. The average molecular weight is 183 g/mol. The Morgan fingerprint density at radius 3 is 3.15 bits per heavy atom. The molecule has 0 unspecified atom stereocenters. The van der Waals surface area contributed by atoms with E-state index in [4.69, 9.17) is 0 Å². The van der Waals surface area contributed by atoms with Gasteiger partial charge < -0.3 is 10.3 Å². The molecule has 0 spiro atoms. The zero-order valence-electron chi connectivity index (χ0n) is 7.46. The zero-order valence-corrected chi connectivity index (χ0v) is 7.46. The molecule has 2 rings (SSSR count). The van der Waals surface area contributed by atoms with Gasteiger partial charge in [0.25, 0.3) is 0 Å². The largest absolute Gasteiger partial charge is 0.347 e. The summed E-state index contributed by atoms with van der Waals surface area (Å²) >= 11 is 0. The Morgan fingerprint density at radius 1 is 1.62 bits per heavy atom. The minimum atomic E-state index is -0.664. The zero-order chi connectivity index (χ0) is 9.10. The molecule has 3 nitrogen and oxygen atoms in total. The number of aromatic nitrogens is 2. The molecule has 0 saturated heterocycles. The highest BCUT2D eigenvalue weighted by Crippen LogP contribution is 2.21. The maximum absolute atomic E-state index is 13.1. The summed E-state index contributed by atoms with van der Waals surface area (Å²) in [6.07, 6.45) is 5.40. The predicted octanol–water partition coefficient (Wildman–Crippen LogP) is 1.39. The molecule has 2 N–H and O–H groups in total. The van der Waals surface area contributed by atoms with Crippen molar-refractivity contribution < 1.29 is 4.39 Å². The molecule has 0 amide bonds. The molecule has 1 aromatic rings. The van der Waals surface area contributed by atoms with Crippen LogP contribution < -0.4 is 5.32 Å². The van der Waals surface area contributed by atoms with Crippen molar-refractivity contribution in [1.82, 2.24) is 15.3 Å². The topological polar surface area (TPSA) is 40.7 Å². The molecule has 1 aromatic heterocycles. The first-order chi connectivity index (χ1) is 6.36. The third-order valence-electron chi connectivity index (χ3n) is 2.54. The fourth-order valence-electron chi connectivity index (χ4n) is 1.77. The van der Waals surface area contributed by atoms with E-state index in [0.717, 1.165) is 18.5 Å². The van der Waals surface area contributed by atoms with Gasteiger partial charge in [0.05, 0.1) is 6.33 Å². The maximum Gasteiger partial charge on any atom is 0.115 e. The fourth-order valence-corrected chi connectivity index (χ4v) is 1.77. The fraction of sp³-hybridized carbons (Fsp3) is 0.667. The third kappa shape index (κ3) is 2.06. The molecule has 0 aliphatic heterocycles. The van der Waals surface area contributed by atoms with Crippen LogP contribution in [0.5, 0.6) is 0 Å². The van der Waals surface area contributed by atoms with E-state index in [1.54, 1.807) is 12.5 Å². The van der Waals surface area contributed by atoms with Crippen molar-refractivity contribution in [2.45, 2.75) is 38.0 Å². The summed E-state index contributed by atoms with van der Waals surface area (Å²) in [6, 6.07) is 0.0447. The molecule has 1 heterocycles. The van der Waals surface area contributed by atoms with E-state index in [2.05, 4.69) is 15.3 Å². The van der Waals surface area contributed by atoms with E-state index < -0.39 is 6.17 Å². The van der Waals surface area contributed by atoms with E-state index in [1.807, 2.05) is 0 Å². The highest BCUT2D eigenvalue weighted by Gasteiger charge is 2.26. The number of halogens is 1.